The topological polar surface area (TPSA) is 182 Å². The van der Waals surface area contributed by atoms with Crippen LogP contribution in [0.4, 0.5) is 0 Å². The predicted octanol–water partition coefficient (Wildman–Crippen LogP) is -2.03. The minimum absolute atomic E-state index is 0.0682. The molecule has 1 saturated heterocycles. The summed E-state index contributed by atoms with van der Waals surface area (Å²) in [5.41, 5.74) is 6.37. The number of amides is 3. The molecule has 0 saturated carbocycles. The Hall–Kier alpha value is -3.02. The van der Waals surface area contributed by atoms with Crippen LogP contribution in [-0.2, 0) is 25.6 Å². The summed E-state index contributed by atoms with van der Waals surface area (Å²) in [7, 11) is 0. The Labute approximate surface area is 185 Å². The standard InChI is InChI=1S/C21H30N4O7/c1-12(27)17(22)19(29)23-14(10-13-6-3-2-4-7-13)18(28)24-15(11-26)20(30)25-9-5-8-16(25)21(31)32/h2-4,6-7,12,14-17,26-27H,5,8-11,22H2,1H3,(H,23,29)(H,24,28)(H,31,32). The Morgan fingerprint density at radius 2 is 1.75 bits per heavy atom. The zero-order valence-electron chi connectivity index (χ0n) is 17.8. The molecule has 1 aromatic carbocycles. The maximum absolute atomic E-state index is 13.0. The van der Waals surface area contributed by atoms with Gasteiger partial charge in [0.1, 0.15) is 24.2 Å². The monoisotopic (exact) mass is 450 g/mol. The van der Waals surface area contributed by atoms with Crippen molar-refractivity contribution in [2.45, 2.75) is 56.5 Å². The highest BCUT2D eigenvalue weighted by molar-refractivity contribution is 5.94. The summed E-state index contributed by atoms with van der Waals surface area (Å²) < 4.78 is 0. The number of carbonyl (C=O) groups excluding carboxylic acids is 3. The van der Waals surface area contributed by atoms with Crippen molar-refractivity contribution in [3.63, 3.8) is 0 Å². The summed E-state index contributed by atoms with van der Waals surface area (Å²) >= 11 is 0. The Kier molecular flexibility index (Phi) is 9.12. The van der Waals surface area contributed by atoms with Crippen molar-refractivity contribution in [3.05, 3.63) is 35.9 Å². The number of nitrogens with zero attached hydrogens (tertiary/aromatic N) is 1. The number of carboxylic acids is 1. The van der Waals surface area contributed by atoms with E-state index in [1.807, 2.05) is 0 Å². The van der Waals surface area contributed by atoms with Gasteiger partial charge in [-0.1, -0.05) is 30.3 Å². The van der Waals surface area contributed by atoms with Gasteiger partial charge in [-0.25, -0.2) is 4.79 Å². The summed E-state index contributed by atoms with van der Waals surface area (Å²) in [5.74, 6) is -3.37. The van der Waals surface area contributed by atoms with Crippen LogP contribution >= 0.6 is 0 Å². The Morgan fingerprint density at radius 3 is 2.31 bits per heavy atom. The van der Waals surface area contributed by atoms with Crippen molar-refractivity contribution >= 4 is 23.7 Å². The van der Waals surface area contributed by atoms with Gasteiger partial charge in [0.2, 0.25) is 17.7 Å². The first-order valence-corrected chi connectivity index (χ1v) is 10.4. The van der Waals surface area contributed by atoms with Crippen LogP contribution in [0.15, 0.2) is 30.3 Å². The highest BCUT2D eigenvalue weighted by Crippen LogP contribution is 2.18. The van der Waals surface area contributed by atoms with E-state index in [1.165, 1.54) is 6.92 Å². The maximum atomic E-state index is 13.0. The molecule has 32 heavy (non-hydrogen) atoms. The van der Waals surface area contributed by atoms with E-state index >= 15 is 0 Å². The number of carbonyl (C=O) groups is 4. The van der Waals surface area contributed by atoms with Gasteiger partial charge >= 0.3 is 5.97 Å². The second kappa shape index (κ2) is 11.6. The summed E-state index contributed by atoms with van der Waals surface area (Å²) in [4.78, 5) is 50.6. The number of aliphatic hydroxyl groups is 2. The average Bonchev–Trinajstić information content (AvgIpc) is 3.26. The number of nitrogens with one attached hydrogen (secondary N) is 2. The lowest BCUT2D eigenvalue weighted by Gasteiger charge is -2.28. The van der Waals surface area contributed by atoms with E-state index < -0.39 is 60.6 Å². The van der Waals surface area contributed by atoms with Crippen molar-refractivity contribution in [2.24, 2.45) is 5.73 Å². The molecule has 0 bridgehead atoms. The maximum Gasteiger partial charge on any atom is 0.326 e. The average molecular weight is 450 g/mol. The van der Waals surface area contributed by atoms with Gasteiger partial charge in [0.25, 0.3) is 0 Å². The zero-order valence-corrected chi connectivity index (χ0v) is 17.8. The van der Waals surface area contributed by atoms with Crippen LogP contribution in [0.3, 0.4) is 0 Å². The van der Waals surface area contributed by atoms with E-state index in [1.54, 1.807) is 30.3 Å². The number of benzene rings is 1. The highest BCUT2D eigenvalue weighted by atomic mass is 16.4. The second-order valence-corrected chi connectivity index (χ2v) is 7.79. The van der Waals surface area contributed by atoms with Gasteiger partial charge < -0.3 is 36.6 Å². The molecular weight excluding hydrogens is 420 g/mol. The minimum Gasteiger partial charge on any atom is -0.480 e. The SMILES string of the molecule is CC(O)C(N)C(=O)NC(Cc1ccccc1)C(=O)NC(CO)C(=O)N1CCCC1C(=O)O. The van der Waals surface area contributed by atoms with Crippen molar-refractivity contribution in [1.29, 1.82) is 0 Å². The van der Waals surface area contributed by atoms with Gasteiger partial charge in [0.15, 0.2) is 0 Å². The summed E-state index contributed by atoms with van der Waals surface area (Å²) in [6.07, 6.45) is -0.292. The lowest BCUT2D eigenvalue weighted by Crippen LogP contribution is -2.59. The second-order valence-electron chi connectivity index (χ2n) is 7.79. The van der Waals surface area contributed by atoms with Gasteiger partial charge in [-0.15, -0.1) is 0 Å². The fourth-order valence-electron chi connectivity index (χ4n) is 3.49. The quantitative estimate of drug-likeness (QED) is 0.236. The van der Waals surface area contributed by atoms with Crippen molar-refractivity contribution in [1.82, 2.24) is 15.5 Å². The molecule has 0 spiro atoms. The van der Waals surface area contributed by atoms with Crippen LogP contribution in [0.1, 0.15) is 25.3 Å². The van der Waals surface area contributed by atoms with Crippen molar-refractivity contribution in [3.8, 4) is 0 Å². The molecule has 1 aliphatic heterocycles. The first-order chi connectivity index (χ1) is 15.1. The van der Waals surface area contributed by atoms with E-state index in [-0.39, 0.29) is 19.4 Å². The lowest BCUT2D eigenvalue weighted by atomic mass is 10.0. The van der Waals surface area contributed by atoms with Gasteiger partial charge in [-0.2, -0.15) is 0 Å². The summed E-state index contributed by atoms with van der Waals surface area (Å²) in [6, 6.07) is 3.99. The number of hydrogen-bond donors (Lipinski definition) is 6. The molecule has 7 N–H and O–H groups in total. The number of carboxylic acid groups (broad SMARTS) is 1. The normalized spacial score (nSPS) is 19.5. The number of hydrogen-bond acceptors (Lipinski definition) is 7. The van der Waals surface area contributed by atoms with Crippen LogP contribution in [-0.4, -0.2) is 87.3 Å². The van der Waals surface area contributed by atoms with E-state index in [9.17, 15) is 34.5 Å². The van der Waals surface area contributed by atoms with Crippen molar-refractivity contribution in [2.75, 3.05) is 13.2 Å². The number of aliphatic hydroxyl groups excluding tert-OH is 2. The number of rotatable bonds is 10. The van der Waals surface area contributed by atoms with E-state index in [2.05, 4.69) is 10.6 Å². The Morgan fingerprint density at radius 1 is 1.12 bits per heavy atom. The molecule has 1 aromatic rings. The molecule has 3 amide bonds. The number of likely N-dealkylation sites (tertiary alicyclic amines) is 1. The largest absolute Gasteiger partial charge is 0.480 e. The van der Waals surface area contributed by atoms with E-state index in [0.29, 0.717) is 6.42 Å². The van der Waals surface area contributed by atoms with Gasteiger partial charge in [-0.3, -0.25) is 14.4 Å². The highest BCUT2D eigenvalue weighted by Gasteiger charge is 2.38. The molecule has 5 atom stereocenters. The predicted molar refractivity (Wildman–Crippen MR) is 113 cm³/mol. The molecule has 1 heterocycles. The fourth-order valence-corrected chi connectivity index (χ4v) is 3.49. The lowest BCUT2D eigenvalue weighted by molar-refractivity contribution is -0.150. The summed E-state index contributed by atoms with van der Waals surface area (Å²) in [5, 5.41) is 33.4. The molecule has 11 nitrogen and oxygen atoms in total. The molecule has 0 radical (unpaired) electrons. The molecule has 0 aliphatic carbocycles. The van der Waals surface area contributed by atoms with Crippen molar-refractivity contribution < 1.29 is 34.5 Å². The Balaban J connectivity index is 2.16. The number of aliphatic carboxylic acids is 1. The molecule has 2 rings (SSSR count). The third-order valence-corrected chi connectivity index (χ3v) is 5.36. The molecule has 1 fully saturated rings. The van der Waals surface area contributed by atoms with Crippen LogP contribution < -0.4 is 16.4 Å². The molecule has 11 heteroatoms. The first-order valence-electron chi connectivity index (χ1n) is 10.4. The fraction of sp³-hybridized carbons (Fsp3) is 0.524. The van der Waals surface area contributed by atoms with Gasteiger partial charge in [0.05, 0.1) is 12.7 Å². The summed E-state index contributed by atoms with van der Waals surface area (Å²) in [6.45, 7) is 0.800. The van der Waals surface area contributed by atoms with Crippen LogP contribution in [0.2, 0.25) is 0 Å². The zero-order chi connectivity index (χ0) is 23.8. The van der Waals surface area contributed by atoms with E-state index in [0.717, 1.165) is 10.5 Å². The van der Waals surface area contributed by atoms with Gasteiger partial charge in [0, 0.05) is 13.0 Å². The smallest absolute Gasteiger partial charge is 0.326 e. The van der Waals surface area contributed by atoms with Crippen LogP contribution in [0.25, 0.3) is 0 Å². The van der Waals surface area contributed by atoms with Gasteiger partial charge in [-0.05, 0) is 25.3 Å². The van der Waals surface area contributed by atoms with Crippen LogP contribution in [0, 0.1) is 0 Å². The third-order valence-electron chi connectivity index (χ3n) is 5.36. The molecule has 1 aliphatic rings. The molecular formula is C21H30N4O7. The first kappa shape index (κ1) is 25.2. The van der Waals surface area contributed by atoms with Crippen LogP contribution in [0.5, 0.6) is 0 Å². The number of nitrogens with two attached hydrogens (primary N) is 1. The Bertz CT molecular complexity index is 818. The van der Waals surface area contributed by atoms with E-state index in [4.69, 9.17) is 5.73 Å². The molecule has 5 unspecified atom stereocenters. The third kappa shape index (κ3) is 6.49. The molecule has 176 valence electrons. The minimum atomic E-state index is -1.37. The molecule has 0 aromatic heterocycles.